The minimum absolute atomic E-state index is 0.0982. The van der Waals surface area contributed by atoms with Crippen LogP contribution in [0.2, 0.25) is 0 Å². The van der Waals surface area contributed by atoms with Gasteiger partial charge < -0.3 is 10.1 Å². The number of halogens is 4. The van der Waals surface area contributed by atoms with Crippen molar-refractivity contribution in [1.29, 1.82) is 0 Å². The smallest absolute Gasteiger partial charge is 0.345 e. The molecule has 0 amide bonds. The second-order valence-electron chi connectivity index (χ2n) is 10.3. The zero-order chi connectivity index (χ0) is 26.9. The average molecular weight is 519 g/mol. The van der Waals surface area contributed by atoms with Crippen LogP contribution < -0.4 is 5.32 Å². The Morgan fingerprint density at radius 2 is 1.95 bits per heavy atom. The number of aryl methyl sites for hydroxylation is 1. The molecular weight excluding hydrogens is 484 g/mol. The molecule has 0 radical (unpaired) electrons. The molecule has 1 N–H and O–H groups in total. The summed E-state index contributed by atoms with van der Waals surface area (Å²) >= 11 is 0. The van der Waals surface area contributed by atoms with Gasteiger partial charge in [-0.25, -0.2) is 8.78 Å². The molecule has 2 aromatic rings. The van der Waals surface area contributed by atoms with Crippen molar-refractivity contribution in [2.24, 2.45) is 0 Å². The van der Waals surface area contributed by atoms with Crippen molar-refractivity contribution in [3.63, 3.8) is 0 Å². The molecule has 2 heterocycles. The number of nitrogens with zero attached hydrogens (tertiary/aromatic N) is 3. The van der Waals surface area contributed by atoms with Gasteiger partial charge in [-0.1, -0.05) is 30.4 Å². The van der Waals surface area contributed by atoms with Gasteiger partial charge in [0.1, 0.15) is 5.82 Å². The molecule has 4 rings (SSSR count). The van der Waals surface area contributed by atoms with Crippen LogP contribution >= 0.6 is 0 Å². The van der Waals surface area contributed by atoms with Crippen molar-refractivity contribution in [3.8, 4) is 0 Å². The number of allylic oxidation sites excluding steroid dienone is 4. The van der Waals surface area contributed by atoms with Crippen LogP contribution in [0.25, 0.3) is 17.3 Å². The molecule has 1 aliphatic carbocycles. The standard InChI is InChI=1S/C28H34F4N4O/c1-16(25-17(2)33-28(4,5)26-35-34-18(3)36(25)26)23(15-37-27(31)32)22-13-8-11-20-19(9-6-12-21(20)22)10-7-14-24(29)30/h6,8,11-13,19,24,27,33H,7,9-10,14-15H2,1-5H3/b23-16+. The molecule has 1 aromatic carbocycles. The van der Waals surface area contributed by atoms with E-state index < -0.39 is 18.6 Å². The third-order valence-electron chi connectivity index (χ3n) is 7.21. The Bertz CT molecular complexity index is 1240. The predicted molar refractivity (Wildman–Crippen MR) is 137 cm³/mol. The number of fused-ring (bicyclic) bond motifs is 2. The summed E-state index contributed by atoms with van der Waals surface area (Å²) in [6, 6.07) is 5.82. The quantitative estimate of drug-likeness (QED) is 0.355. The molecule has 2 aliphatic rings. The maximum atomic E-state index is 13.3. The molecular formula is C28H34F4N4O. The van der Waals surface area contributed by atoms with Crippen molar-refractivity contribution in [1.82, 2.24) is 20.1 Å². The van der Waals surface area contributed by atoms with Gasteiger partial charge in [-0.15, -0.1) is 10.2 Å². The van der Waals surface area contributed by atoms with Gasteiger partial charge in [0.15, 0.2) is 5.82 Å². The number of benzene rings is 1. The third kappa shape index (κ3) is 5.51. The van der Waals surface area contributed by atoms with Crippen LogP contribution in [0, 0.1) is 6.92 Å². The first-order valence-electron chi connectivity index (χ1n) is 12.6. The monoisotopic (exact) mass is 518 g/mol. The SMILES string of the molecule is CC1=C(/C(C)=C(\COC(F)F)c2cccc3c2C=CCC3CCCC(F)F)n2c(C)nnc2C(C)(C)N1. The highest BCUT2D eigenvalue weighted by Crippen LogP contribution is 2.41. The van der Waals surface area contributed by atoms with E-state index >= 15 is 0 Å². The second-order valence-corrected chi connectivity index (χ2v) is 10.3. The maximum absolute atomic E-state index is 13.3. The van der Waals surface area contributed by atoms with E-state index in [2.05, 4.69) is 15.5 Å². The van der Waals surface area contributed by atoms with E-state index in [1.54, 1.807) is 0 Å². The number of hydrogen-bond acceptors (Lipinski definition) is 4. The van der Waals surface area contributed by atoms with Crippen molar-refractivity contribution in [2.75, 3.05) is 6.61 Å². The topological polar surface area (TPSA) is 52.0 Å². The zero-order valence-electron chi connectivity index (χ0n) is 21.9. The van der Waals surface area contributed by atoms with Crippen LogP contribution in [0.15, 0.2) is 35.5 Å². The molecule has 1 aliphatic heterocycles. The summed E-state index contributed by atoms with van der Waals surface area (Å²) in [5.41, 5.74) is 5.37. The predicted octanol–water partition coefficient (Wildman–Crippen LogP) is 7.26. The van der Waals surface area contributed by atoms with E-state index in [4.69, 9.17) is 4.74 Å². The van der Waals surface area contributed by atoms with Crippen LogP contribution in [-0.2, 0) is 10.3 Å². The molecule has 0 spiro atoms. The summed E-state index contributed by atoms with van der Waals surface area (Å²) in [6.45, 7) is 6.53. The lowest BCUT2D eigenvalue weighted by atomic mass is 9.80. The fourth-order valence-corrected chi connectivity index (χ4v) is 5.57. The number of rotatable bonds is 9. The third-order valence-corrected chi connectivity index (χ3v) is 7.21. The lowest BCUT2D eigenvalue weighted by Gasteiger charge is -2.35. The summed E-state index contributed by atoms with van der Waals surface area (Å²) in [7, 11) is 0. The molecule has 5 nitrogen and oxygen atoms in total. The fourth-order valence-electron chi connectivity index (χ4n) is 5.57. The van der Waals surface area contributed by atoms with Gasteiger partial charge in [0.2, 0.25) is 6.43 Å². The number of nitrogens with one attached hydrogen (secondary N) is 1. The number of hydrogen-bond donors (Lipinski definition) is 1. The summed E-state index contributed by atoms with van der Waals surface area (Å²) in [4.78, 5) is 0. The number of alkyl halides is 4. The van der Waals surface area contributed by atoms with Gasteiger partial charge in [-0.05, 0) is 87.6 Å². The fraction of sp³-hybridized carbons (Fsp3) is 0.500. The highest BCUT2D eigenvalue weighted by Gasteiger charge is 2.35. The van der Waals surface area contributed by atoms with Crippen molar-refractivity contribution in [3.05, 3.63) is 63.9 Å². The average Bonchev–Trinajstić information content (AvgIpc) is 3.21. The second kappa shape index (κ2) is 10.8. The molecule has 1 atom stereocenters. The zero-order valence-corrected chi connectivity index (χ0v) is 21.9. The largest absolute Gasteiger partial charge is 0.375 e. The maximum Gasteiger partial charge on any atom is 0.345 e. The van der Waals surface area contributed by atoms with Gasteiger partial charge in [0.25, 0.3) is 0 Å². The Labute approximate surface area is 215 Å². The molecule has 200 valence electrons. The minimum atomic E-state index is -2.93. The molecule has 0 saturated carbocycles. The van der Waals surface area contributed by atoms with Crippen LogP contribution in [-0.4, -0.2) is 34.4 Å². The van der Waals surface area contributed by atoms with E-state index in [0.717, 1.165) is 45.9 Å². The van der Waals surface area contributed by atoms with Crippen molar-refractivity contribution >= 4 is 17.3 Å². The van der Waals surface area contributed by atoms with E-state index in [1.165, 1.54) is 0 Å². The normalized spacial score (nSPS) is 19.2. The Balaban J connectivity index is 1.84. The van der Waals surface area contributed by atoms with Crippen molar-refractivity contribution < 1.29 is 22.3 Å². The first-order valence-corrected chi connectivity index (χ1v) is 12.6. The first kappa shape index (κ1) is 27.1. The van der Waals surface area contributed by atoms with Crippen LogP contribution in [0.5, 0.6) is 0 Å². The molecule has 1 aromatic heterocycles. The van der Waals surface area contributed by atoms with Crippen LogP contribution in [0.4, 0.5) is 17.6 Å². The first-order chi connectivity index (χ1) is 17.5. The Hall–Kier alpha value is -2.94. The summed E-state index contributed by atoms with van der Waals surface area (Å²) in [6.07, 6.45) is 3.43. The molecule has 0 saturated heterocycles. The van der Waals surface area contributed by atoms with Gasteiger partial charge in [-0.3, -0.25) is 4.57 Å². The summed E-state index contributed by atoms with van der Waals surface area (Å²) in [5, 5.41) is 12.2. The molecule has 1 unspecified atom stereocenters. The Kier molecular flexibility index (Phi) is 7.92. The Morgan fingerprint density at radius 3 is 2.65 bits per heavy atom. The molecule has 9 heteroatoms. The highest BCUT2D eigenvalue weighted by atomic mass is 19.3. The molecule has 37 heavy (non-hydrogen) atoms. The van der Waals surface area contributed by atoms with Crippen molar-refractivity contribution in [2.45, 2.75) is 84.8 Å². The van der Waals surface area contributed by atoms with Crippen LogP contribution in [0.3, 0.4) is 0 Å². The van der Waals surface area contributed by atoms with Gasteiger partial charge in [-0.2, -0.15) is 8.78 Å². The van der Waals surface area contributed by atoms with E-state index in [1.807, 2.05) is 69.5 Å². The van der Waals surface area contributed by atoms with Gasteiger partial charge >= 0.3 is 6.61 Å². The number of aromatic nitrogens is 3. The molecule has 0 fully saturated rings. The van der Waals surface area contributed by atoms with Crippen LogP contribution in [0.1, 0.15) is 87.6 Å². The van der Waals surface area contributed by atoms with Gasteiger partial charge in [0.05, 0.1) is 17.8 Å². The lowest BCUT2D eigenvalue weighted by Crippen LogP contribution is -2.42. The summed E-state index contributed by atoms with van der Waals surface area (Å²) in [5.74, 6) is 1.52. The number of ether oxygens (including phenoxy) is 1. The van der Waals surface area contributed by atoms with E-state index in [0.29, 0.717) is 24.2 Å². The molecule has 0 bridgehead atoms. The summed E-state index contributed by atoms with van der Waals surface area (Å²) < 4.78 is 58.9. The highest BCUT2D eigenvalue weighted by molar-refractivity contribution is 5.87. The van der Waals surface area contributed by atoms with Gasteiger partial charge in [0, 0.05) is 12.1 Å². The minimum Gasteiger partial charge on any atom is -0.375 e. The van der Waals surface area contributed by atoms with E-state index in [9.17, 15) is 17.6 Å². The lowest BCUT2D eigenvalue weighted by molar-refractivity contribution is -0.117. The van der Waals surface area contributed by atoms with E-state index in [-0.39, 0.29) is 18.9 Å². The Morgan fingerprint density at radius 1 is 1.19 bits per heavy atom.